The van der Waals surface area contributed by atoms with Crippen molar-refractivity contribution < 1.29 is 14.6 Å². The van der Waals surface area contributed by atoms with E-state index in [0.717, 1.165) is 0 Å². The molecule has 1 rings (SSSR count). The van der Waals surface area contributed by atoms with Gasteiger partial charge in [0.25, 0.3) is 5.91 Å². The third-order valence-electron chi connectivity index (χ3n) is 2.27. The molecule has 1 aromatic carbocycles. The van der Waals surface area contributed by atoms with Gasteiger partial charge in [-0.05, 0) is 24.6 Å². The first-order valence-electron chi connectivity index (χ1n) is 5.32. The molecule has 0 saturated carbocycles. The summed E-state index contributed by atoms with van der Waals surface area (Å²) in [5.41, 5.74) is 0.417. The average Bonchev–Trinajstić information content (AvgIpc) is 2.29. The number of ether oxygens (including phenoxy) is 1. The van der Waals surface area contributed by atoms with E-state index in [9.17, 15) is 9.90 Å². The highest BCUT2D eigenvalue weighted by atomic mass is 35.5. The number of methoxy groups -OCH3 is 1. The van der Waals surface area contributed by atoms with Gasteiger partial charge in [0.2, 0.25) is 0 Å². The van der Waals surface area contributed by atoms with Crippen LogP contribution in [0.4, 0.5) is 0 Å². The number of hydrogen-bond donors (Lipinski definition) is 2. The van der Waals surface area contributed by atoms with Crippen LogP contribution in [-0.2, 0) is 4.74 Å². The number of hydrogen-bond acceptors (Lipinski definition) is 3. The highest BCUT2D eigenvalue weighted by Crippen LogP contribution is 2.11. The fourth-order valence-corrected chi connectivity index (χ4v) is 1.71. The Hall–Kier alpha value is -1.26. The van der Waals surface area contributed by atoms with Crippen molar-refractivity contribution in [3.05, 3.63) is 29.8 Å². The predicted octanol–water partition coefficient (Wildman–Crippen LogP) is 1.77. The van der Waals surface area contributed by atoms with Crippen LogP contribution < -0.4 is 5.32 Å². The molecule has 1 aromatic rings. The molecule has 0 aliphatic rings. The molecule has 0 aliphatic heterocycles. The monoisotopic (exact) mass is 257 g/mol. The Balaban J connectivity index is 2.63. The summed E-state index contributed by atoms with van der Waals surface area (Å²) in [6, 6.07) is 6.08. The normalized spacial score (nSPS) is 12.1. The van der Waals surface area contributed by atoms with Gasteiger partial charge in [-0.2, -0.15) is 0 Å². The standard InChI is InChI=1S/C12H16ClNO3/c1-17-8-10(5-6-13)14-12(16)9-3-2-4-11(15)7-9/h2-4,7,10,15H,5-6,8H2,1H3,(H,14,16). The lowest BCUT2D eigenvalue weighted by Crippen LogP contribution is -2.38. The topological polar surface area (TPSA) is 58.6 Å². The molecule has 0 radical (unpaired) electrons. The lowest BCUT2D eigenvalue weighted by atomic mass is 10.1. The molecule has 0 saturated heterocycles. The van der Waals surface area contributed by atoms with Crippen molar-refractivity contribution in [1.82, 2.24) is 5.32 Å². The molecule has 0 heterocycles. The molecule has 0 aromatic heterocycles. The minimum Gasteiger partial charge on any atom is -0.508 e. The number of aromatic hydroxyl groups is 1. The van der Waals surface area contributed by atoms with Crippen LogP contribution >= 0.6 is 11.6 Å². The molecule has 1 atom stereocenters. The number of phenolic OH excluding ortho intramolecular Hbond substituents is 1. The van der Waals surface area contributed by atoms with Crippen molar-refractivity contribution in [3.63, 3.8) is 0 Å². The van der Waals surface area contributed by atoms with Gasteiger partial charge in [-0.25, -0.2) is 0 Å². The van der Waals surface area contributed by atoms with Crippen LogP contribution in [0.25, 0.3) is 0 Å². The van der Waals surface area contributed by atoms with Gasteiger partial charge in [0.1, 0.15) is 5.75 Å². The predicted molar refractivity (Wildman–Crippen MR) is 66.6 cm³/mol. The van der Waals surface area contributed by atoms with Crippen LogP contribution in [0.2, 0.25) is 0 Å². The zero-order chi connectivity index (χ0) is 12.7. The number of benzene rings is 1. The molecule has 0 aliphatic carbocycles. The molecule has 1 unspecified atom stereocenters. The highest BCUT2D eigenvalue weighted by Gasteiger charge is 2.13. The Morgan fingerprint density at radius 2 is 2.35 bits per heavy atom. The maximum Gasteiger partial charge on any atom is 0.251 e. The fourth-order valence-electron chi connectivity index (χ4n) is 1.45. The van der Waals surface area contributed by atoms with Crippen molar-refractivity contribution >= 4 is 17.5 Å². The number of carbonyl (C=O) groups excluding carboxylic acids is 1. The lowest BCUT2D eigenvalue weighted by molar-refractivity contribution is 0.0895. The molecule has 5 heteroatoms. The van der Waals surface area contributed by atoms with E-state index >= 15 is 0 Å². The zero-order valence-electron chi connectivity index (χ0n) is 9.65. The van der Waals surface area contributed by atoms with Crippen LogP contribution in [-0.4, -0.2) is 36.7 Å². The summed E-state index contributed by atoms with van der Waals surface area (Å²) in [6.07, 6.45) is 0.639. The van der Waals surface area contributed by atoms with Gasteiger partial charge in [-0.3, -0.25) is 4.79 Å². The molecule has 0 fully saturated rings. The third kappa shape index (κ3) is 4.63. The van der Waals surface area contributed by atoms with Crippen LogP contribution in [0.15, 0.2) is 24.3 Å². The van der Waals surface area contributed by atoms with Crippen molar-refractivity contribution in [1.29, 1.82) is 0 Å². The number of phenols is 1. The van der Waals surface area contributed by atoms with E-state index in [1.54, 1.807) is 19.2 Å². The Morgan fingerprint density at radius 1 is 1.59 bits per heavy atom. The molecule has 2 N–H and O–H groups in total. The minimum absolute atomic E-state index is 0.0679. The van der Waals surface area contributed by atoms with E-state index in [4.69, 9.17) is 16.3 Å². The number of carbonyl (C=O) groups is 1. The first-order valence-corrected chi connectivity index (χ1v) is 5.85. The van der Waals surface area contributed by atoms with E-state index < -0.39 is 0 Å². The summed E-state index contributed by atoms with van der Waals surface area (Å²) in [4.78, 5) is 11.8. The van der Waals surface area contributed by atoms with Gasteiger partial charge < -0.3 is 15.2 Å². The van der Waals surface area contributed by atoms with E-state index in [1.165, 1.54) is 12.1 Å². The van der Waals surface area contributed by atoms with E-state index in [2.05, 4.69) is 5.32 Å². The van der Waals surface area contributed by atoms with Crippen LogP contribution in [0.5, 0.6) is 5.75 Å². The minimum atomic E-state index is -0.243. The Morgan fingerprint density at radius 3 is 2.94 bits per heavy atom. The maximum absolute atomic E-state index is 11.8. The van der Waals surface area contributed by atoms with E-state index in [0.29, 0.717) is 24.5 Å². The fraction of sp³-hybridized carbons (Fsp3) is 0.417. The van der Waals surface area contributed by atoms with Gasteiger partial charge in [0.05, 0.1) is 12.6 Å². The molecule has 94 valence electrons. The molecule has 0 spiro atoms. The van der Waals surface area contributed by atoms with Crippen molar-refractivity contribution in [2.45, 2.75) is 12.5 Å². The lowest BCUT2D eigenvalue weighted by Gasteiger charge is -2.16. The van der Waals surface area contributed by atoms with Crippen molar-refractivity contribution in [3.8, 4) is 5.75 Å². The summed E-state index contributed by atoms with van der Waals surface area (Å²) >= 11 is 5.64. The number of halogens is 1. The smallest absolute Gasteiger partial charge is 0.251 e. The first kappa shape index (κ1) is 13.8. The van der Waals surface area contributed by atoms with Gasteiger partial charge in [-0.1, -0.05) is 6.07 Å². The second-order valence-corrected chi connectivity index (χ2v) is 4.03. The molecule has 17 heavy (non-hydrogen) atoms. The number of nitrogens with one attached hydrogen (secondary N) is 1. The summed E-state index contributed by atoms with van der Waals surface area (Å²) < 4.78 is 4.99. The molecule has 1 amide bonds. The molecule has 4 nitrogen and oxygen atoms in total. The number of amides is 1. The van der Waals surface area contributed by atoms with Crippen LogP contribution in [0, 0.1) is 0 Å². The number of rotatable bonds is 6. The number of alkyl halides is 1. The third-order valence-corrected chi connectivity index (χ3v) is 2.49. The second kappa shape index (κ2) is 7.14. The quantitative estimate of drug-likeness (QED) is 0.764. The van der Waals surface area contributed by atoms with Gasteiger partial charge >= 0.3 is 0 Å². The summed E-state index contributed by atoms with van der Waals surface area (Å²) in [6.45, 7) is 0.414. The SMILES string of the molecule is COCC(CCCl)NC(=O)c1cccc(O)c1. The zero-order valence-corrected chi connectivity index (χ0v) is 10.4. The summed E-state index contributed by atoms with van der Waals surface area (Å²) in [5.74, 6) is 0.278. The Kier molecular flexibility index (Phi) is 5.80. The van der Waals surface area contributed by atoms with E-state index in [-0.39, 0.29) is 17.7 Å². The second-order valence-electron chi connectivity index (χ2n) is 3.65. The average molecular weight is 258 g/mol. The first-order chi connectivity index (χ1) is 8.17. The van der Waals surface area contributed by atoms with Gasteiger partial charge in [-0.15, -0.1) is 11.6 Å². The van der Waals surface area contributed by atoms with Crippen molar-refractivity contribution in [2.75, 3.05) is 19.6 Å². The molecular formula is C12H16ClNO3. The van der Waals surface area contributed by atoms with Gasteiger partial charge in [0, 0.05) is 18.6 Å². The van der Waals surface area contributed by atoms with Crippen LogP contribution in [0.1, 0.15) is 16.8 Å². The van der Waals surface area contributed by atoms with Crippen LogP contribution in [0.3, 0.4) is 0 Å². The summed E-state index contributed by atoms with van der Waals surface area (Å²) in [7, 11) is 1.57. The largest absolute Gasteiger partial charge is 0.508 e. The molecular weight excluding hydrogens is 242 g/mol. The molecule has 0 bridgehead atoms. The van der Waals surface area contributed by atoms with Gasteiger partial charge in [0.15, 0.2) is 0 Å². The highest BCUT2D eigenvalue weighted by molar-refractivity contribution is 6.17. The van der Waals surface area contributed by atoms with Crippen molar-refractivity contribution in [2.24, 2.45) is 0 Å². The van der Waals surface area contributed by atoms with E-state index in [1.807, 2.05) is 0 Å². The summed E-state index contributed by atoms with van der Waals surface area (Å²) in [5, 5.41) is 12.1. The Bertz CT molecular complexity index is 365. The maximum atomic E-state index is 11.8. The Labute approximate surface area is 106 Å².